The summed E-state index contributed by atoms with van der Waals surface area (Å²) in [7, 11) is 0. The van der Waals surface area contributed by atoms with Crippen LogP contribution >= 0.6 is 0 Å². The number of nitrogens with one attached hydrogen (secondary N) is 2. The molecule has 2 heterocycles. The maximum atomic E-state index is 11.7. The van der Waals surface area contributed by atoms with E-state index in [9.17, 15) is 9.90 Å². The Hall–Kier alpha value is -3.49. The van der Waals surface area contributed by atoms with E-state index in [1.165, 1.54) is 11.1 Å². The van der Waals surface area contributed by atoms with E-state index in [1.54, 1.807) is 12.1 Å². The first-order valence-corrected chi connectivity index (χ1v) is 12.7. The predicted octanol–water partition coefficient (Wildman–Crippen LogP) is 3.47. The number of hydrogen-bond acceptors (Lipinski definition) is 4. The van der Waals surface area contributed by atoms with Gasteiger partial charge >= 0.3 is 5.97 Å². The van der Waals surface area contributed by atoms with Gasteiger partial charge < -0.3 is 32.1 Å². The van der Waals surface area contributed by atoms with E-state index in [4.69, 9.17) is 11.5 Å². The zero-order chi connectivity index (χ0) is 26.2. The molecule has 0 unspecified atom stereocenters. The quantitative estimate of drug-likeness (QED) is 0.153. The first kappa shape index (κ1) is 27.1. The summed E-state index contributed by atoms with van der Waals surface area (Å²) in [6.45, 7) is 10.8. The van der Waals surface area contributed by atoms with E-state index in [0.29, 0.717) is 30.9 Å². The minimum Gasteiger partial charge on any atom is -0.478 e. The molecule has 36 heavy (non-hydrogen) atoms. The molecule has 0 saturated carbocycles. The highest BCUT2D eigenvalue weighted by Crippen LogP contribution is 2.47. The third-order valence-electron chi connectivity index (χ3n) is 6.73. The molecule has 0 bridgehead atoms. The zero-order valence-corrected chi connectivity index (χ0v) is 21.9. The average Bonchev–Trinajstić information content (AvgIpc) is 3.27. The number of carboxylic acid groups (broad SMARTS) is 1. The van der Waals surface area contributed by atoms with Crippen LogP contribution in [0.3, 0.4) is 0 Å². The zero-order valence-electron chi connectivity index (χ0n) is 21.9. The third kappa shape index (κ3) is 7.02. The van der Waals surface area contributed by atoms with E-state index in [1.807, 2.05) is 45.9 Å². The van der Waals surface area contributed by atoms with E-state index >= 15 is 0 Å². The molecule has 0 radical (unpaired) electrons. The van der Waals surface area contributed by atoms with Gasteiger partial charge in [-0.1, -0.05) is 23.3 Å². The molecule has 3 rings (SSSR count). The van der Waals surface area contributed by atoms with Gasteiger partial charge in [-0.25, -0.2) is 14.8 Å². The van der Waals surface area contributed by atoms with E-state index in [-0.39, 0.29) is 17.6 Å². The van der Waals surface area contributed by atoms with Crippen LogP contribution < -0.4 is 22.1 Å². The van der Waals surface area contributed by atoms with E-state index < -0.39 is 5.97 Å². The largest absolute Gasteiger partial charge is 0.478 e. The molecule has 0 spiro atoms. The number of rotatable bonds is 9. The van der Waals surface area contributed by atoms with Crippen molar-refractivity contribution in [3.05, 3.63) is 52.6 Å². The molecule has 2 aliphatic heterocycles. The van der Waals surface area contributed by atoms with Gasteiger partial charge in [0.2, 0.25) is 0 Å². The first-order chi connectivity index (χ1) is 17.2. The maximum absolute atomic E-state index is 11.7. The number of allylic oxidation sites excluding steroid dienone is 2. The fourth-order valence-electron chi connectivity index (χ4n) is 4.89. The number of anilines is 1. The number of aromatic carboxylic acids is 1. The molecule has 1 aromatic carbocycles. The van der Waals surface area contributed by atoms with E-state index in [2.05, 4.69) is 25.5 Å². The molecule has 0 amide bonds. The van der Waals surface area contributed by atoms with Crippen molar-refractivity contribution < 1.29 is 9.90 Å². The van der Waals surface area contributed by atoms with Gasteiger partial charge in [-0.3, -0.25) is 0 Å². The highest BCUT2D eigenvalue weighted by atomic mass is 16.4. The molecule has 7 N–H and O–H groups in total. The third-order valence-corrected chi connectivity index (χ3v) is 6.73. The standard InChI is InChI=1S/C27H41N7O2/c1-17(2)9-13-31-26(28)30-12-5-6-22-20-11-15-34(27(29)32-14-10-18(3)4)24(20)21-16-19(25(35)36)7-8-23(21)33-22/h7-10,16,20,22,24,33H,5-6,11-15H2,1-4H3,(H2,29,32)(H,35,36)(H3,28,30,31)/t20-,22-,24-/m0/s1. The number of guanidine groups is 2. The normalized spacial score (nSPS) is 21.2. The number of likely N-dealkylation sites (tertiary alicyclic amines) is 1. The van der Waals surface area contributed by atoms with Crippen LogP contribution in [0.1, 0.15) is 68.9 Å². The second kappa shape index (κ2) is 12.5. The number of aliphatic imine (C=N–C) groups is 2. The smallest absolute Gasteiger partial charge is 0.335 e. The van der Waals surface area contributed by atoms with Crippen LogP contribution in [-0.2, 0) is 0 Å². The summed E-state index contributed by atoms with van der Waals surface area (Å²) in [6, 6.07) is 5.54. The lowest BCUT2D eigenvalue weighted by Gasteiger charge is -2.40. The predicted molar refractivity (Wildman–Crippen MR) is 147 cm³/mol. The van der Waals surface area contributed by atoms with Crippen molar-refractivity contribution in [2.75, 3.05) is 31.5 Å². The Morgan fingerprint density at radius 1 is 1.17 bits per heavy atom. The Morgan fingerprint density at radius 2 is 1.86 bits per heavy atom. The van der Waals surface area contributed by atoms with Crippen molar-refractivity contribution in [2.24, 2.45) is 27.4 Å². The minimum absolute atomic E-state index is 0.00957. The Bertz CT molecular complexity index is 1050. The molecule has 0 aliphatic carbocycles. The fourth-order valence-corrected chi connectivity index (χ4v) is 4.89. The topological polar surface area (TPSA) is 141 Å². The lowest BCUT2D eigenvalue weighted by Crippen LogP contribution is -2.44. The van der Waals surface area contributed by atoms with Crippen molar-refractivity contribution in [1.29, 1.82) is 0 Å². The van der Waals surface area contributed by atoms with Crippen LogP contribution in [-0.4, -0.2) is 60.1 Å². The summed E-state index contributed by atoms with van der Waals surface area (Å²) in [6.07, 6.45) is 6.90. The lowest BCUT2D eigenvalue weighted by atomic mass is 9.80. The van der Waals surface area contributed by atoms with Gasteiger partial charge in [-0.05, 0) is 70.7 Å². The van der Waals surface area contributed by atoms with Crippen LogP contribution in [0.15, 0.2) is 51.5 Å². The molecule has 1 fully saturated rings. The summed E-state index contributed by atoms with van der Waals surface area (Å²) < 4.78 is 0. The summed E-state index contributed by atoms with van der Waals surface area (Å²) in [5, 5.41) is 16.5. The molecule has 0 aromatic heterocycles. The first-order valence-electron chi connectivity index (χ1n) is 12.7. The van der Waals surface area contributed by atoms with Crippen molar-refractivity contribution in [3.63, 3.8) is 0 Å². The van der Waals surface area contributed by atoms with E-state index in [0.717, 1.165) is 43.6 Å². The molecular formula is C27H41N7O2. The Balaban J connectivity index is 1.74. The average molecular weight is 496 g/mol. The summed E-state index contributed by atoms with van der Waals surface area (Å²) in [4.78, 5) is 22.7. The van der Waals surface area contributed by atoms with Gasteiger partial charge in [0.25, 0.3) is 0 Å². The second-order valence-electron chi connectivity index (χ2n) is 10.0. The second-order valence-corrected chi connectivity index (χ2v) is 10.0. The number of nitrogens with two attached hydrogens (primary N) is 2. The van der Waals surface area contributed by atoms with Crippen molar-refractivity contribution in [2.45, 2.75) is 59.0 Å². The molecule has 2 aliphatic rings. The molecule has 9 heteroatoms. The van der Waals surface area contributed by atoms with Crippen LogP contribution in [0.5, 0.6) is 0 Å². The highest BCUT2D eigenvalue weighted by molar-refractivity contribution is 5.89. The Morgan fingerprint density at radius 3 is 2.53 bits per heavy atom. The van der Waals surface area contributed by atoms with Crippen molar-refractivity contribution in [1.82, 2.24) is 10.2 Å². The van der Waals surface area contributed by atoms with Crippen molar-refractivity contribution in [3.8, 4) is 0 Å². The molecule has 3 atom stereocenters. The van der Waals surface area contributed by atoms with Gasteiger partial charge in [0.05, 0.1) is 24.7 Å². The number of benzene rings is 1. The Labute approximate surface area is 214 Å². The highest BCUT2D eigenvalue weighted by Gasteiger charge is 2.44. The fraction of sp³-hybridized carbons (Fsp3) is 0.519. The van der Waals surface area contributed by atoms with Crippen LogP contribution in [0.4, 0.5) is 5.69 Å². The number of nitrogens with zero attached hydrogens (tertiary/aromatic N) is 3. The molecular weight excluding hydrogens is 454 g/mol. The molecule has 196 valence electrons. The van der Waals surface area contributed by atoms with Gasteiger partial charge in [0, 0.05) is 30.7 Å². The summed E-state index contributed by atoms with van der Waals surface area (Å²) in [5.74, 6) is 0.332. The van der Waals surface area contributed by atoms with Crippen molar-refractivity contribution >= 4 is 23.6 Å². The summed E-state index contributed by atoms with van der Waals surface area (Å²) in [5.41, 5.74) is 17.1. The lowest BCUT2D eigenvalue weighted by molar-refractivity contribution is 0.0696. The minimum atomic E-state index is -0.930. The SMILES string of the molecule is CC(C)=CCN=C(N)NCCC[C@@H]1Nc2ccc(C(=O)O)cc2[C@@H]2[C@H]1CCN2C(N)=NCC=C(C)C. The molecule has 1 saturated heterocycles. The monoisotopic (exact) mass is 495 g/mol. The van der Waals surface area contributed by atoms with Crippen LogP contribution in [0.25, 0.3) is 0 Å². The molecule has 1 aromatic rings. The number of fused-ring (bicyclic) bond motifs is 3. The number of hydrogen-bond donors (Lipinski definition) is 5. The van der Waals surface area contributed by atoms with Gasteiger partial charge in [-0.2, -0.15) is 0 Å². The van der Waals surface area contributed by atoms with Crippen LogP contribution in [0.2, 0.25) is 0 Å². The van der Waals surface area contributed by atoms with Gasteiger partial charge in [-0.15, -0.1) is 0 Å². The number of carboxylic acids is 1. The molecule has 9 nitrogen and oxygen atoms in total. The summed E-state index contributed by atoms with van der Waals surface area (Å²) >= 11 is 0. The maximum Gasteiger partial charge on any atom is 0.335 e. The Kier molecular flexibility index (Phi) is 9.38. The van der Waals surface area contributed by atoms with Crippen LogP contribution in [0, 0.1) is 5.92 Å². The van der Waals surface area contributed by atoms with Gasteiger partial charge in [0.15, 0.2) is 11.9 Å². The van der Waals surface area contributed by atoms with Gasteiger partial charge in [0.1, 0.15) is 0 Å². The number of carbonyl (C=O) groups is 1.